The zero-order valence-corrected chi connectivity index (χ0v) is 17.0. The Hall–Kier alpha value is -3.35. The third kappa shape index (κ3) is 4.55. The summed E-state index contributed by atoms with van der Waals surface area (Å²) in [6.07, 6.45) is 2.85. The summed E-state index contributed by atoms with van der Waals surface area (Å²) in [5.41, 5.74) is 1.98. The normalized spacial score (nSPS) is 19.5. The van der Waals surface area contributed by atoms with Crippen LogP contribution in [0.2, 0.25) is 0 Å². The highest BCUT2D eigenvalue weighted by Crippen LogP contribution is 2.29. The number of carbonyl (C=O) groups is 4. The number of nitrogens with one attached hydrogen (secondary N) is 1. The molecule has 0 bridgehead atoms. The van der Waals surface area contributed by atoms with Gasteiger partial charge in [-0.05, 0) is 67.3 Å². The molecule has 7 heteroatoms. The van der Waals surface area contributed by atoms with Gasteiger partial charge in [0, 0.05) is 42.6 Å². The van der Waals surface area contributed by atoms with Gasteiger partial charge in [-0.2, -0.15) is 0 Å². The van der Waals surface area contributed by atoms with Gasteiger partial charge in [0.2, 0.25) is 0 Å². The van der Waals surface area contributed by atoms with Crippen LogP contribution >= 0.6 is 0 Å². The maximum Gasteiger partial charge on any atom is 0.255 e. The fraction of sp³-hybridized carbons (Fsp3) is 0.333. The minimum Gasteiger partial charge on any atom is -0.324 e. The van der Waals surface area contributed by atoms with Crippen LogP contribution in [-0.4, -0.2) is 34.3 Å². The van der Waals surface area contributed by atoms with Crippen LogP contribution in [-0.2, 0) is 16.1 Å². The minimum atomic E-state index is -0.613. The van der Waals surface area contributed by atoms with Crippen molar-refractivity contribution < 1.29 is 23.6 Å². The van der Waals surface area contributed by atoms with Crippen molar-refractivity contribution in [3.05, 3.63) is 65.0 Å². The molecule has 0 saturated heterocycles. The van der Waals surface area contributed by atoms with Crippen LogP contribution in [0.3, 0.4) is 0 Å². The van der Waals surface area contributed by atoms with Gasteiger partial charge in [0.1, 0.15) is 11.6 Å². The second-order valence-electron chi connectivity index (χ2n) is 8.03. The average Bonchev–Trinajstić information content (AvgIpc) is 3.11. The van der Waals surface area contributed by atoms with Gasteiger partial charge in [0.15, 0.2) is 5.78 Å². The fourth-order valence-corrected chi connectivity index (χ4v) is 4.17. The molecule has 2 aromatic carbocycles. The van der Waals surface area contributed by atoms with E-state index >= 15 is 0 Å². The van der Waals surface area contributed by atoms with Crippen molar-refractivity contribution in [2.45, 2.75) is 51.1 Å². The molecule has 0 radical (unpaired) electrons. The summed E-state index contributed by atoms with van der Waals surface area (Å²) in [4.78, 5) is 51.8. The predicted molar refractivity (Wildman–Crippen MR) is 112 cm³/mol. The smallest absolute Gasteiger partial charge is 0.255 e. The van der Waals surface area contributed by atoms with E-state index in [1.165, 1.54) is 29.2 Å². The number of anilines is 1. The Morgan fingerprint density at radius 2 is 1.71 bits per heavy atom. The quantitative estimate of drug-likeness (QED) is 0.813. The topological polar surface area (TPSA) is 83.6 Å². The molecule has 1 unspecified atom stereocenters. The number of rotatable bonds is 3. The highest BCUT2D eigenvalue weighted by Gasteiger charge is 2.36. The van der Waals surface area contributed by atoms with Crippen LogP contribution in [0.1, 0.15) is 64.8 Å². The number of hydrogen-bond donors (Lipinski definition) is 1. The molecule has 1 saturated carbocycles. The second kappa shape index (κ2) is 8.79. The molecular formula is C24H23FN2O4. The molecule has 1 N–H and O–H groups in total. The van der Waals surface area contributed by atoms with Crippen molar-refractivity contribution in [3.8, 4) is 0 Å². The number of hydrogen-bond acceptors (Lipinski definition) is 4. The Kier molecular flexibility index (Phi) is 5.93. The number of Topliss-reactive ketones (excluding diaryl/α,β-unsaturated/α-hetero) is 2. The first-order valence-corrected chi connectivity index (χ1v) is 10.5. The number of fused-ring (bicyclic) bond motifs is 1. The van der Waals surface area contributed by atoms with Gasteiger partial charge >= 0.3 is 0 Å². The van der Waals surface area contributed by atoms with Crippen LogP contribution in [0.5, 0.6) is 0 Å². The number of ketones is 2. The molecule has 6 nitrogen and oxygen atoms in total. The molecule has 2 amide bonds. The van der Waals surface area contributed by atoms with Crippen LogP contribution < -0.4 is 5.32 Å². The highest BCUT2D eigenvalue weighted by molar-refractivity contribution is 6.06. The summed E-state index contributed by atoms with van der Waals surface area (Å²) in [7, 11) is 0. The molecule has 31 heavy (non-hydrogen) atoms. The summed E-state index contributed by atoms with van der Waals surface area (Å²) in [5, 5.41) is 2.70. The Morgan fingerprint density at radius 3 is 2.48 bits per heavy atom. The van der Waals surface area contributed by atoms with E-state index in [1.807, 2.05) is 0 Å². The van der Waals surface area contributed by atoms with Crippen molar-refractivity contribution in [1.82, 2.24) is 4.90 Å². The Balaban J connectivity index is 1.51. The molecule has 1 heterocycles. The van der Waals surface area contributed by atoms with Gasteiger partial charge in [-0.3, -0.25) is 19.2 Å². The lowest BCUT2D eigenvalue weighted by atomic mass is 10.0. The SMILES string of the molecule is O=C1CCCCC(=O)C(N2Cc3cc(C(=O)Nc4ccc(F)cc4)ccc3C2=O)CC1. The van der Waals surface area contributed by atoms with E-state index in [9.17, 15) is 23.6 Å². The van der Waals surface area contributed by atoms with E-state index in [0.717, 1.165) is 0 Å². The van der Waals surface area contributed by atoms with Gasteiger partial charge in [-0.1, -0.05) is 0 Å². The number of benzene rings is 2. The molecule has 0 spiro atoms. The lowest BCUT2D eigenvalue weighted by Crippen LogP contribution is -2.41. The number of nitrogens with zero attached hydrogens (tertiary/aromatic N) is 1. The zero-order chi connectivity index (χ0) is 22.0. The number of amides is 2. The summed E-state index contributed by atoms with van der Waals surface area (Å²) >= 11 is 0. The van der Waals surface area contributed by atoms with E-state index in [4.69, 9.17) is 0 Å². The number of carbonyl (C=O) groups excluding carboxylic acids is 4. The summed E-state index contributed by atoms with van der Waals surface area (Å²) < 4.78 is 13.1. The predicted octanol–water partition coefficient (Wildman–Crippen LogP) is 3.89. The van der Waals surface area contributed by atoms with Crippen molar-refractivity contribution >= 4 is 29.1 Å². The first-order valence-electron chi connectivity index (χ1n) is 10.5. The number of halogens is 1. The van der Waals surface area contributed by atoms with Crippen molar-refractivity contribution in [1.29, 1.82) is 0 Å². The Labute approximate surface area is 179 Å². The molecule has 1 aliphatic carbocycles. The van der Waals surface area contributed by atoms with E-state index in [2.05, 4.69) is 5.32 Å². The zero-order valence-electron chi connectivity index (χ0n) is 17.0. The third-order valence-electron chi connectivity index (χ3n) is 5.87. The van der Waals surface area contributed by atoms with E-state index in [0.29, 0.717) is 60.9 Å². The van der Waals surface area contributed by atoms with Gasteiger partial charge in [-0.25, -0.2) is 4.39 Å². The lowest BCUT2D eigenvalue weighted by Gasteiger charge is -2.26. The molecule has 160 valence electrons. The van der Waals surface area contributed by atoms with Crippen LogP contribution in [0.4, 0.5) is 10.1 Å². The summed E-state index contributed by atoms with van der Waals surface area (Å²) in [6, 6.07) is 9.65. The second-order valence-corrected chi connectivity index (χ2v) is 8.03. The average molecular weight is 422 g/mol. The van der Waals surface area contributed by atoms with Crippen LogP contribution in [0, 0.1) is 5.82 Å². The standard InChI is InChI=1S/C24H23FN2O4/c25-17-6-8-18(9-7-17)26-23(30)15-5-11-20-16(13-15)14-27(24(20)31)21-12-10-19(28)3-1-2-4-22(21)29/h5-9,11,13,21H,1-4,10,12,14H2,(H,26,30). The minimum absolute atomic E-state index is 0.00914. The Morgan fingerprint density at radius 1 is 0.968 bits per heavy atom. The fourth-order valence-electron chi connectivity index (χ4n) is 4.17. The molecule has 2 aliphatic rings. The first kappa shape index (κ1) is 20.9. The van der Waals surface area contributed by atoms with Crippen LogP contribution in [0.25, 0.3) is 0 Å². The maximum absolute atomic E-state index is 13.1. The molecular weight excluding hydrogens is 399 g/mol. The largest absolute Gasteiger partial charge is 0.324 e. The third-order valence-corrected chi connectivity index (χ3v) is 5.87. The van der Waals surface area contributed by atoms with Gasteiger partial charge in [0.25, 0.3) is 11.8 Å². The molecule has 1 aliphatic heterocycles. The van der Waals surface area contributed by atoms with Crippen molar-refractivity contribution in [2.24, 2.45) is 0 Å². The summed E-state index contributed by atoms with van der Waals surface area (Å²) in [6.45, 7) is 0.233. The van der Waals surface area contributed by atoms with Crippen molar-refractivity contribution in [3.63, 3.8) is 0 Å². The first-order chi connectivity index (χ1) is 14.9. The van der Waals surface area contributed by atoms with Crippen molar-refractivity contribution in [2.75, 3.05) is 5.32 Å². The maximum atomic E-state index is 13.1. The van der Waals surface area contributed by atoms with E-state index in [-0.39, 0.29) is 29.9 Å². The van der Waals surface area contributed by atoms with E-state index in [1.54, 1.807) is 18.2 Å². The molecule has 2 aromatic rings. The van der Waals surface area contributed by atoms with E-state index < -0.39 is 11.9 Å². The molecule has 1 atom stereocenters. The summed E-state index contributed by atoms with van der Waals surface area (Å²) in [5.74, 6) is -0.890. The lowest BCUT2D eigenvalue weighted by molar-refractivity contribution is -0.124. The van der Waals surface area contributed by atoms with Gasteiger partial charge in [0.05, 0.1) is 6.04 Å². The van der Waals surface area contributed by atoms with Gasteiger partial charge in [-0.15, -0.1) is 0 Å². The Bertz CT molecular complexity index is 1050. The molecule has 4 rings (SSSR count). The highest BCUT2D eigenvalue weighted by atomic mass is 19.1. The van der Waals surface area contributed by atoms with Gasteiger partial charge < -0.3 is 10.2 Å². The van der Waals surface area contributed by atoms with Crippen LogP contribution in [0.15, 0.2) is 42.5 Å². The molecule has 0 aromatic heterocycles. The molecule has 1 fully saturated rings. The monoisotopic (exact) mass is 422 g/mol.